The zero-order valence-corrected chi connectivity index (χ0v) is 6.12. The number of aldehydes is 1. The van der Waals surface area contributed by atoms with Crippen LogP contribution >= 0.6 is 0 Å². The van der Waals surface area contributed by atoms with Gasteiger partial charge in [0, 0.05) is 6.42 Å². The Morgan fingerprint density at radius 2 is 2.30 bits per heavy atom. The van der Waals surface area contributed by atoms with Crippen LogP contribution in [0.3, 0.4) is 0 Å². The van der Waals surface area contributed by atoms with Crippen molar-refractivity contribution in [2.75, 3.05) is 0 Å². The summed E-state index contributed by atoms with van der Waals surface area (Å²) in [5, 5.41) is 9.30. The SMILES string of the molecule is O=CCCC1CCCC1O. The highest BCUT2D eigenvalue weighted by molar-refractivity contribution is 5.49. The van der Waals surface area contributed by atoms with Crippen LogP contribution in [-0.2, 0) is 4.79 Å². The lowest BCUT2D eigenvalue weighted by Gasteiger charge is -2.11. The van der Waals surface area contributed by atoms with E-state index in [2.05, 4.69) is 0 Å². The van der Waals surface area contributed by atoms with Gasteiger partial charge in [-0.05, 0) is 25.2 Å². The van der Waals surface area contributed by atoms with Crippen LogP contribution < -0.4 is 0 Å². The zero-order chi connectivity index (χ0) is 7.40. The number of hydrogen-bond acceptors (Lipinski definition) is 2. The monoisotopic (exact) mass is 142 g/mol. The fourth-order valence-corrected chi connectivity index (χ4v) is 1.64. The van der Waals surface area contributed by atoms with E-state index in [4.69, 9.17) is 0 Å². The van der Waals surface area contributed by atoms with Crippen LogP contribution in [0.25, 0.3) is 0 Å². The Morgan fingerprint density at radius 1 is 1.50 bits per heavy atom. The molecule has 2 atom stereocenters. The van der Waals surface area contributed by atoms with Crippen molar-refractivity contribution in [3.8, 4) is 0 Å². The quantitative estimate of drug-likeness (QED) is 0.600. The first kappa shape index (κ1) is 7.73. The smallest absolute Gasteiger partial charge is 0.120 e. The number of carbonyl (C=O) groups is 1. The van der Waals surface area contributed by atoms with E-state index in [1.165, 1.54) is 0 Å². The zero-order valence-electron chi connectivity index (χ0n) is 6.12. The summed E-state index contributed by atoms with van der Waals surface area (Å²) >= 11 is 0. The van der Waals surface area contributed by atoms with Crippen molar-refractivity contribution in [3.63, 3.8) is 0 Å². The van der Waals surface area contributed by atoms with E-state index < -0.39 is 0 Å². The Labute approximate surface area is 61.2 Å². The molecule has 0 aromatic carbocycles. The number of hydrogen-bond donors (Lipinski definition) is 1. The van der Waals surface area contributed by atoms with Crippen LogP contribution in [-0.4, -0.2) is 17.5 Å². The molecule has 58 valence electrons. The third kappa shape index (κ3) is 1.81. The molecule has 2 unspecified atom stereocenters. The molecular formula is C8H14O2. The second-order valence-corrected chi connectivity index (χ2v) is 3.00. The molecule has 1 fully saturated rings. The van der Waals surface area contributed by atoms with Gasteiger partial charge in [0.15, 0.2) is 0 Å². The molecule has 1 N–H and O–H groups in total. The average molecular weight is 142 g/mol. The number of aliphatic hydroxyl groups is 1. The van der Waals surface area contributed by atoms with Gasteiger partial charge < -0.3 is 9.90 Å². The highest BCUT2D eigenvalue weighted by atomic mass is 16.3. The summed E-state index contributed by atoms with van der Waals surface area (Å²) in [5.41, 5.74) is 0. The number of carbonyl (C=O) groups excluding carboxylic acids is 1. The lowest BCUT2D eigenvalue weighted by atomic mass is 10.0. The van der Waals surface area contributed by atoms with Gasteiger partial charge in [-0.25, -0.2) is 0 Å². The van der Waals surface area contributed by atoms with Crippen molar-refractivity contribution in [2.45, 2.75) is 38.2 Å². The summed E-state index contributed by atoms with van der Waals surface area (Å²) in [6.45, 7) is 0. The molecule has 0 aromatic rings. The number of aliphatic hydroxyl groups excluding tert-OH is 1. The fourth-order valence-electron chi connectivity index (χ4n) is 1.64. The molecule has 0 radical (unpaired) electrons. The topological polar surface area (TPSA) is 37.3 Å². The Bertz CT molecular complexity index is 112. The molecule has 0 aliphatic heterocycles. The molecule has 2 nitrogen and oxygen atoms in total. The van der Waals surface area contributed by atoms with Crippen molar-refractivity contribution in [2.24, 2.45) is 5.92 Å². The largest absolute Gasteiger partial charge is 0.393 e. The Balaban J connectivity index is 2.19. The molecule has 1 aliphatic carbocycles. The minimum Gasteiger partial charge on any atom is -0.393 e. The molecule has 2 heteroatoms. The lowest BCUT2D eigenvalue weighted by molar-refractivity contribution is -0.108. The van der Waals surface area contributed by atoms with E-state index in [0.29, 0.717) is 12.3 Å². The fraction of sp³-hybridized carbons (Fsp3) is 0.875. The standard InChI is InChI=1S/C8H14O2/c9-6-2-4-7-3-1-5-8(7)10/h6-8,10H,1-5H2. The normalized spacial score (nSPS) is 32.5. The molecular weight excluding hydrogens is 128 g/mol. The molecule has 0 heterocycles. The van der Waals surface area contributed by atoms with Crippen LogP contribution in [0.5, 0.6) is 0 Å². The van der Waals surface area contributed by atoms with Gasteiger partial charge in [-0.15, -0.1) is 0 Å². The highest BCUT2D eigenvalue weighted by Gasteiger charge is 2.23. The van der Waals surface area contributed by atoms with Crippen LogP contribution in [0.1, 0.15) is 32.1 Å². The van der Waals surface area contributed by atoms with Crippen LogP contribution in [0.4, 0.5) is 0 Å². The molecule has 0 spiro atoms. The third-order valence-corrected chi connectivity index (χ3v) is 2.27. The van der Waals surface area contributed by atoms with Gasteiger partial charge in [-0.2, -0.15) is 0 Å². The molecule has 1 aliphatic rings. The van der Waals surface area contributed by atoms with Crippen molar-refractivity contribution < 1.29 is 9.90 Å². The number of rotatable bonds is 3. The van der Waals surface area contributed by atoms with E-state index in [1.54, 1.807) is 0 Å². The maximum Gasteiger partial charge on any atom is 0.120 e. The first-order chi connectivity index (χ1) is 4.84. The van der Waals surface area contributed by atoms with E-state index in [1.807, 2.05) is 0 Å². The molecule has 1 rings (SSSR count). The van der Waals surface area contributed by atoms with E-state index >= 15 is 0 Å². The van der Waals surface area contributed by atoms with Gasteiger partial charge in [0.2, 0.25) is 0 Å². The summed E-state index contributed by atoms with van der Waals surface area (Å²) in [7, 11) is 0. The lowest BCUT2D eigenvalue weighted by Crippen LogP contribution is -2.12. The second kappa shape index (κ2) is 3.71. The van der Waals surface area contributed by atoms with Crippen molar-refractivity contribution in [1.82, 2.24) is 0 Å². The van der Waals surface area contributed by atoms with Crippen molar-refractivity contribution >= 4 is 6.29 Å². The average Bonchev–Trinajstić information content (AvgIpc) is 2.31. The molecule has 1 saturated carbocycles. The second-order valence-electron chi connectivity index (χ2n) is 3.00. The summed E-state index contributed by atoms with van der Waals surface area (Å²) in [5.74, 6) is 0.408. The predicted molar refractivity (Wildman–Crippen MR) is 38.6 cm³/mol. The maximum atomic E-state index is 9.99. The first-order valence-electron chi connectivity index (χ1n) is 3.96. The summed E-state index contributed by atoms with van der Waals surface area (Å²) in [4.78, 5) is 9.99. The first-order valence-corrected chi connectivity index (χ1v) is 3.96. The third-order valence-electron chi connectivity index (χ3n) is 2.27. The summed E-state index contributed by atoms with van der Waals surface area (Å²) in [6.07, 6.45) is 5.47. The van der Waals surface area contributed by atoms with Crippen molar-refractivity contribution in [1.29, 1.82) is 0 Å². The van der Waals surface area contributed by atoms with E-state index in [0.717, 1.165) is 32.0 Å². The van der Waals surface area contributed by atoms with Crippen LogP contribution in [0.15, 0.2) is 0 Å². The molecule has 0 aromatic heterocycles. The van der Waals surface area contributed by atoms with Crippen molar-refractivity contribution in [3.05, 3.63) is 0 Å². The van der Waals surface area contributed by atoms with Gasteiger partial charge in [-0.3, -0.25) is 0 Å². The van der Waals surface area contributed by atoms with E-state index in [9.17, 15) is 9.90 Å². The van der Waals surface area contributed by atoms with Gasteiger partial charge >= 0.3 is 0 Å². The van der Waals surface area contributed by atoms with Gasteiger partial charge in [0.25, 0.3) is 0 Å². The summed E-state index contributed by atoms with van der Waals surface area (Å²) in [6, 6.07) is 0. The van der Waals surface area contributed by atoms with Gasteiger partial charge in [0.05, 0.1) is 6.10 Å². The Kier molecular flexibility index (Phi) is 2.87. The minimum atomic E-state index is -0.125. The molecule has 0 saturated heterocycles. The molecule has 10 heavy (non-hydrogen) atoms. The minimum absolute atomic E-state index is 0.125. The highest BCUT2D eigenvalue weighted by Crippen LogP contribution is 2.28. The van der Waals surface area contributed by atoms with Gasteiger partial charge in [-0.1, -0.05) is 6.42 Å². The van der Waals surface area contributed by atoms with Crippen LogP contribution in [0, 0.1) is 5.92 Å². The van der Waals surface area contributed by atoms with E-state index in [-0.39, 0.29) is 6.10 Å². The molecule has 0 bridgehead atoms. The Hall–Kier alpha value is -0.370. The maximum absolute atomic E-state index is 9.99. The Morgan fingerprint density at radius 3 is 2.80 bits per heavy atom. The molecule has 0 amide bonds. The predicted octanol–water partition coefficient (Wildman–Crippen LogP) is 1.13. The summed E-state index contributed by atoms with van der Waals surface area (Å²) < 4.78 is 0. The van der Waals surface area contributed by atoms with Gasteiger partial charge in [0.1, 0.15) is 6.29 Å². The van der Waals surface area contributed by atoms with Crippen LogP contribution in [0.2, 0.25) is 0 Å².